The standard InChI is InChI=1S/C10H17N3/c1-7-10(8-3-2-4-8)13-9(12-7)5-6-11/h8H,2-6,11H2,1H3,(H,12,13). The van der Waals surface area contributed by atoms with E-state index in [1.165, 1.54) is 30.7 Å². The van der Waals surface area contributed by atoms with Gasteiger partial charge in [0.25, 0.3) is 0 Å². The van der Waals surface area contributed by atoms with Crippen molar-refractivity contribution in [3.63, 3.8) is 0 Å². The zero-order valence-corrected chi connectivity index (χ0v) is 8.14. The minimum absolute atomic E-state index is 0.678. The number of imidazole rings is 1. The van der Waals surface area contributed by atoms with Crippen LogP contribution < -0.4 is 5.73 Å². The summed E-state index contributed by atoms with van der Waals surface area (Å²) in [5.41, 5.74) is 8.01. The Morgan fingerprint density at radius 1 is 1.54 bits per heavy atom. The molecule has 0 radical (unpaired) electrons. The number of aryl methyl sites for hydroxylation is 1. The van der Waals surface area contributed by atoms with Gasteiger partial charge in [0.2, 0.25) is 0 Å². The van der Waals surface area contributed by atoms with Crippen LogP contribution in [0.25, 0.3) is 0 Å². The predicted molar refractivity (Wildman–Crippen MR) is 52.7 cm³/mol. The van der Waals surface area contributed by atoms with Gasteiger partial charge in [0.1, 0.15) is 5.82 Å². The number of nitrogens with one attached hydrogen (secondary N) is 1. The zero-order valence-electron chi connectivity index (χ0n) is 8.14. The maximum absolute atomic E-state index is 5.48. The molecule has 1 saturated carbocycles. The fourth-order valence-electron chi connectivity index (χ4n) is 1.87. The average Bonchev–Trinajstić information content (AvgIpc) is 2.30. The van der Waals surface area contributed by atoms with Gasteiger partial charge >= 0.3 is 0 Å². The molecule has 0 bridgehead atoms. The number of hydrogen-bond donors (Lipinski definition) is 2. The summed E-state index contributed by atoms with van der Waals surface area (Å²) in [7, 11) is 0. The molecule has 72 valence electrons. The van der Waals surface area contributed by atoms with E-state index in [4.69, 9.17) is 5.73 Å². The molecule has 3 N–H and O–H groups in total. The number of aromatic nitrogens is 2. The second kappa shape index (κ2) is 3.50. The van der Waals surface area contributed by atoms with E-state index < -0.39 is 0 Å². The Bertz CT molecular complexity index is 286. The van der Waals surface area contributed by atoms with Crippen LogP contribution in [0.1, 0.15) is 42.4 Å². The Hall–Kier alpha value is -0.830. The topological polar surface area (TPSA) is 54.7 Å². The molecule has 13 heavy (non-hydrogen) atoms. The van der Waals surface area contributed by atoms with Crippen LogP contribution in [0.3, 0.4) is 0 Å². The highest BCUT2D eigenvalue weighted by Gasteiger charge is 2.23. The largest absolute Gasteiger partial charge is 0.346 e. The predicted octanol–water partition coefficient (Wildman–Crippen LogP) is 1.49. The molecule has 1 heterocycles. The van der Waals surface area contributed by atoms with Crippen LogP contribution in [-0.2, 0) is 6.42 Å². The number of aromatic amines is 1. The minimum atomic E-state index is 0.678. The van der Waals surface area contributed by atoms with E-state index in [-0.39, 0.29) is 0 Å². The molecule has 3 heteroatoms. The second-order valence-corrected chi connectivity index (χ2v) is 3.86. The normalized spacial score (nSPS) is 17.4. The summed E-state index contributed by atoms with van der Waals surface area (Å²) in [5, 5.41) is 0. The van der Waals surface area contributed by atoms with E-state index in [0.29, 0.717) is 6.54 Å². The lowest BCUT2D eigenvalue weighted by atomic mass is 9.82. The van der Waals surface area contributed by atoms with Crippen molar-refractivity contribution in [1.82, 2.24) is 9.97 Å². The van der Waals surface area contributed by atoms with Crippen molar-refractivity contribution in [2.24, 2.45) is 5.73 Å². The summed E-state index contributed by atoms with van der Waals surface area (Å²) < 4.78 is 0. The third-order valence-electron chi connectivity index (χ3n) is 2.84. The van der Waals surface area contributed by atoms with Gasteiger partial charge < -0.3 is 10.7 Å². The highest BCUT2D eigenvalue weighted by molar-refractivity contribution is 5.19. The number of H-pyrrole nitrogens is 1. The molecule has 1 aliphatic carbocycles. The molecule has 3 nitrogen and oxygen atoms in total. The van der Waals surface area contributed by atoms with Crippen molar-refractivity contribution in [2.75, 3.05) is 6.54 Å². The first-order valence-corrected chi connectivity index (χ1v) is 5.06. The molecule has 0 aliphatic heterocycles. The Kier molecular flexibility index (Phi) is 2.36. The van der Waals surface area contributed by atoms with Gasteiger partial charge in [-0.05, 0) is 26.3 Å². The Balaban J connectivity index is 2.15. The summed E-state index contributed by atoms with van der Waals surface area (Å²) in [6, 6.07) is 0. The monoisotopic (exact) mass is 179 g/mol. The number of hydrogen-bond acceptors (Lipinski definition) is 2. The van der Waals surface area contributed by atoms with Gasteiger partial charge in [-0.2, -0.15) is 0 Å². The van der Waals surface area contributed by atoms with E-state index in [1.54, 1.807) is 0 Å². The fourth-order valence-corrected chi connectivity index (χ4v) is 1.87. The van der Waals surface area contributed by atoms with E-state index >= 15 is 0 Å². The molecule has 0 spiro atoms. The van der Waals surface area contributed by atoms with E-state index in [2.05, 4.69) is 16.9 Å². The molecule has 2 rings (SSSR count). The van der Waals surface area contributed by atoms with Gasteiger partial charge in [-0.25, -0.2) is 4.98 Å². The molecule has 0 amide bonds. The maximum Gasteiger partial charge on any atom is 0.107 e. The highest BCUT2D eigenvalue weighted by Crippen LogP contribution is 2.36. The number of nitrogens with two attached hydrogens (primary N) is 1. The lowest BCUT2D eigenvalue weighted by Gasteiger charge is -2.23. The molecular weight excluding hydrogens is 162 g/mol. The molecule has 0 atom stereocenters. The molecule has 1 aliphatic rings. The molecule has 0 saturated heterocycles. The summed E-state index contributed by atoms with van der Waals surface area (Å²) in [5.74, 6) is 1.78. The van der Waals surface area contributed by atoms with E-state index in [1.807, 2.05) is 0 Å². The maximum atomic E-state index is 5.48. The van der Waals surface area contributed by atoms with Crippen LogP contribution >= 0.6 is 0 Å². The molecule has 0 aromatic carbocycles. The molecular formula is C10H17N3. The van der Waals surface area contributed by atoms with Crippen molar-refractivity contribution >= 4 is 0 Å². The summed E-state index contributed by atoms with van der Waals surface area (Å²) in [6.07, 6.45) is 4.86. The lowest BCUT2D eigenvalue weighted by Crippen LogP contribution is -2.10. The minimum Gasteiger partial charge on any atom is -0.346 e. The van der Waals surface area contributed by atoms with Gasteiger partial charge in [0.05, 0.1) is 5.69 Å². The van der Waals surface area contributed by atoms with E-state index in [9.17, 15) is 0 Å². The molecule has 0 unspecified atom stereocenters. The van der Waals surface area contributed by atoms with Crippen LogP contribution in [0.15, 0.2) is 0 Å². The van der Waals surface area contributed by atoms with Crippen molar-refractivity contribution in [1.29, 1.82) is 0 Å². The summed E-state index contributed by atoms with van der Waals surface area (Å²) in [6.45, 7) is 2.79. The first kappa shape index (κ1) is 8.75. The molecule has 1 fully saturated rings. The van der Waals surface area contributed by atoms with Gasteiger partial charge in [0.15, 0.2) is 0 Å². The van der Waals surface area contributed by atoms with Gasteiger partial charge in [-0.15, -0.1) is 0 Å². The smallest absolute Gasteiger partial charge is 0.107 e. The van der Waals surface area contributed by atoms with Crippen molar-refractivity contribution in [3.05, 3.63) is 17.2 Å². The summed E-state index contributed by atoms with van der Waals surface area (Å²) >= 11 is 0. The van der Waals surface area contributed by atoms with Crippen molar-refractivity contribution in [2.45, 2.75) is 38.5 Å². The van der Waals surface area contributed by atoms with Gasteiger partial charge in [0, 0.05) is 18.0 Å². The number of nitrogens with zero attached hydrogens (tertiary/aromatic N) is 1. The third-order valence-corrected chi connectivity index (χ3v) is 2.84. The Morgan fingerprint density at radius 3 is 2.85 bits per heavy atom. The first-order chi connectivity index (χ1) is 6.31. The molecule has 1 aromatic rings. The zero-order chi connectivity index (χ0) is 9.26. The van der Waals surface area contributed by atoms with Gasteiger partial charge in [-0.1, -0.05) is 6.42 Å². The summed E-state index contributed by atoms with van der Waals surface area (Å²) in [4.78, 5) is 7.89. The first-order valence-electron chi connectivity index (χ1n) is 5.06. The van der Waals surface area contributed by atoms with Crippen molar-refractivity contribution in [3.8, 4) is 0 Å². The van der Waals surface area contributed by atoms with Crippen LogP contribution in [0.5, 0.6) is 0 Å². The van der Waals surface area contributed by atoms with E-state index in [0.717, 1.165) is 18.2 Å². The quantitative estimate of drug-likeness (QED) is 0.738. The third kappa shape index (κ3) is 1.61. The van der Waals surface area contributed by atoms with Crippen LogP contribution in [0, 0.1) is 6.92 Å². The fraction of sp³-hybridized carbons (Fsp3) is 0.700. The van der Waals surface area contributed by atoms with Crippen molar-refractivity contribution < 1.29 is 0 Å². The second-order valence-electron chi connectivity index (χ2n) is 3.86. The number of rotatable bonds is 3. The highest BCUT2D eigenvalue weighted by atomic mass is 14.9. The SMILES string of the molecule is Cc1[nH]c(CCN)nc1C1CCC1. The van der Waals surface area contributed by atoms with Crippen LogP contribution in [0.2, 0.25) is 0 Å². The molecule has 1 aromatic heterocycles. The Labute approximate surface area is 78.7 Å². The van der Waals surface area contributed by atoms with Crippen LogP contribution in [0.4, 0.5) is 0 Å². The van der Waals surface area contributed by atoms with Gasteiger partial charge in [-0.3, -0.25) is 0 Å². The average molecular weight is 179 g/mol. The van der Waals surface area contributed by atoms with Crippen LogP contribution in [-0.4, -0.2) is 16.5 Å². The lowest BCUT2D eigenvalue weighted by molar-refractivity contribution is 0.410. The Morgan fingerprint density at radius 2 is 2.31 bits per heavy atom.